The van der Waals surface area contributed by atoms with Crippen molar-refractivity contribution in [2.45, 2.75) is 6.92 Å². The summed E-state index contributed by atoms with van der Waals surface area (Å²) in [7, 11) is 0. The van der Waals surface area contributed by atoms with Crippen LogP contribution in [0, 0.1) is 18.8 Å². The molecular formula is C20H16ClN3O. The van der Waals surface area contributed by atoms with E-state index in [2.05, 4.69) is 22.3 Å². The second-order valence-electron chi connectivity index (χ2n) is 5.39. The Kier molecular flexibility index (Phi) is 5.17. The third kappa shape index (κ3) is 4.09. The van der Waals surface area contributed by atoms with Crippen molar-refractivity contribution in [2.75, 3.05) is 6.54 Å². The Morgan fingerprint density at radius 2 is 2.00 bits per heavy atom. The van der Waals surface area contributed by atoms with E-state index in [-0.39, 0.29) is 12.5 Å². The zero-order valence-corrected chi connectivity index (χ0v) is 14.4. The van der Waals surface area contributed by atoms with E-state index in [1.165, 1.54) is 0 Å². The maximum absolute atomic E-state index is 12.3. The van der Waals surface area contributed by atoms with E-state index in [1.54, 1.807) is 23.0 Å². The third-order valence-corrected chi connectivity index (χ3v) is 3.89. The van der Waals surface area contributed by atoms with Crippen LogP contribution in [0.3, 0.4) is 0 Å². The molecule has 4 nitrogen and oxygen atoms in total. The highest BCUT2D eigenvalue weighted by Crippen LogP contribution is 2.17. The number of halogens is 1. The molecule has 0 bridgehead atoms. The molecular weight excluding hydrogens is 334 g/mol. The van der Waals surface area contributed by atoms with E-state index in [0.717, 1.165) is 16.9 Å². The molecule has 0 atom stereocenters. The molecule has 0 saturated heterocycles. The molecule has 0 unspecified atom stereocenters. The first-order chi connectivity index (χ1) is 12.1. The van der Waals surface area contributed by atoms with E-state index < -0.39 is 0 Å². The van der Waals surface area contributed by atoms with E-state index >= 15 is 0 Å². The van der Waals surface area contributed by atoms with Crippen molar-refractivity contribution in [3.05, 3.63) is 82.6 Å². The number of nitrogens with zero attached hydrogens (tertiary/aromatic N) is 2. The van der Waals surface area contributed by atoms with Gasteiger partial charge in [-0.05, 0) is 37.3 Å². The van der Waals surface area contributed by atoms with Gasteiger partial charge in [-0.1, -0.05) is 47.7 Å². The summed E-state index contributed by atoms with van der Waals surface area (Å²) in [5, 5.41) is 7.70. The highest BCUT2D eigenvalue weighted by molar-refractivity contribution is 6.30. The molecule has 1 N–H and O–H groups in total. The highest BCUT2D eigenvalue weighted by Gasteiger charge is 2.14. The molecule has 3 aromatic rings. The summed E-state index contributed by atoms with van der Waals surface area (Å²) in [5.41, 5.74) is 2.99. The van der Waals surface area contributed by atoms with Gasteiger partial charge in [0, 0.05) is 10.6 Å². The summed E-state index contributed by atoms with van der Waals surface area (Å²) in [6.45, 7) is 2.12. The van der Waals surface area contributed by atoms with E-state index in [9.17, 15) is 4.79 Å². The summed E-state index contributed by atoms with van der Waals surface area (Å²) in [6, 6.07) is 17.0. The van der Waals surface area contributed by atoms with E-state index in [0.29, 0.717) is 10.6 Å². The minimum absolute atomic E-state index is 0.201. The number of carbonyl (C=O) groups excluding carboxylic acids is 1. The Balaban J connectivity index is 1.68. The van der Waals surface area contributed by atoms with Crippen molar-refractivity contribution in [3.8, 4) is 17.5 Å². The molecule has 124 valence electrons. The van der Waals surface area contributed by atoms with Crippen LogP contribution < -0.4 is 5.32 Å². The predicted octanol–water partition coefficient (Wildman–Crippen LogP) is 3.62. The number of benzene rings is 2. The summed E-state index contributed by atoms with van der Waals surface area (Å²) in [4.78, 5) is 12.3. The van der Waals surface area contributed by atoms with Gasteiger partial charge in [-0.15, -0.1) is 0 Å². The number of aromatic nitrogens is 2. The molecule has 2 aromatic carbocycles. The quantitative estimate of drug-likeness (QED) is 0.734. The van der Waals surface area contributed by atoms with Crippen molar-refractivity contribution in [1.82, 2.24) is 15.1 Å². The van der Waals surface area contributed by atoms with Crippen LogP contribution in [0.1, 0.15) is 21.6 Å². The summed E-state index contributed by atoms with van der Waals surface area (Å²) >= 11 is 6.02. The van der Waals surface area contributed by atoms with Gasteiger partial charge in [0.05, 0.1) is 29.7 Å². The van der Waals surface area contributed by atoms with Gasteiger partial charge in [0.25, 0.3) is 5.91 Å². The minimum atomic E-state index is -0.201. The first kappa shape index (κ1) is 16.8. The van der Waals surface area contributed by atoms with Crippen LogP contribution in [-0.4, -0.2) is 22.2 Å². The second-order valence-corrected chi connectivity index (χ2v) is 5.82. The Bertz CT molecular complexity index is 952. The van der Waals surface area contributed by atoms with Crippen LogP contribution in [0.4, 0.5) is 0 Å². The molecule has 0 spiro atoms. The molecule has 5 heteroatoms. The maximum Gasteiger partial charge on any atom is 0.255 e. The Labute approximate surface area is 151 Å². The molecule has 0 saturated carbocycles. The lowest BCUT2D eigenvalue weighted by Gasteiger charge is -2.06. The fourth-order valence-corrected chi connectivity index (χ4v) is 2.57. The molecule has 1 aromatic heterocycles. The van der Waals surface area contributed by atoms with Gasteiger partial charge in [-0.25, -0.2) is 4.68 Å². The average Bonchev–Trinajstić information content (AvgIpc) is 3.01. The number of amides is 1. The van der Waals surface area contributed by atoms with Gasteiger partial charge < -0.3 is 5.32 Å². The Hall–Kier alpha value is -3.03. The first-order valence-corrected chi connectivity index (χ1v) is 8.15. The summed E-state index contributed by atoms with van der Waals surface area (Å²) in [5.74, 6) is 5.74. The Morgan fingerprint density at radius 1 is 1.20 bits per heavy atom. The summed E-state index contributed by atoms with van der Waals surface area (Å²) in [6.07, 6.45) is 1.55. The number of hydrogen-bond acceptors (Lipinski definition) is 2. The zero-order chi connectivity index (χ0) is 17.6. The maximum atomic E-state index is 12.3. The fraction of sp³-hybridized carbons (Fsp3) is 0.100. The molecule has 0 aliphatic heterocycles. The topological polar surface area (TPSA) is 46.9 Å². The van der Waals surface area contributed by atoms with Crippen LogP contribution >= 0.6 is 11.6 Å². The van der Waals surface area contributed by atoms with Crippen LogP contribution in [0.5, 0.6) is 0 Å². The van der Waals surface area contributed by atoms with Gasteiger partial charge in [0.15, 0.2) is 0 Å². The van der Waals surface area contributed by atoms with Crippen molar-refractivity contribution < 1.29 is 4.79 Å². The molecule has 1 heterocycles. The second kappa shape index (κ2) is 7.69. The zero-order valence-electron chi connectivity index (χ0n) is 13.7. The largest absolute Gasteiger partial charge is 0.341 e. The number of rotatable bonds is 3. The van der Waals surface area contributed by atoms with Gasteiger partial charge in [0.1, 0.15) is 0 Å². The molecule has 0 aliphatic carbocycles. The average molecular weight is 350 g/mol. The van der Waals surface area contributed by atoms with Crippen molar-refractivity contribution in [3.63, 3.8) is 0 Å². The lowest BCUT2D eigenvalue weighted by atomic mass is 10.2. The number of carbonyl (C=O) groups is 1. The van der Waals surface area contributed by atoms with Crippen molar-refractivity contribution in [2.24, 2.45) is 0 Å². The summed E-state index contributed by atoms with van der Waals surface area (Å²) < 4.78 is 1.69. The standard InChI is InChI=1S/C20H16ClN3O/c1-15-19(14-23-24(15)18-11-5-10-17(21)13-18)20(25)22-12-6-9-16-7-3-2-4-8-16/h2-5,7-8,10-11,13-14H,12H2,1H3,(H,22,25). The van der Waals surface area contributed by atoms with Crippen LogP contribution in [0.2, 0.25) is 5.02 Å². The van der Waals surface area contributed by atoms with Gasteiger partial charge in [0.2, 0.25) is 0 Å². The normalized spacial score (nSPS) is 10.0. The van der Waals surface area contributed by atoms with Crippen LogP contribution in [0.25, 0.3) is 5.69 Å². The first-order valence-electron chi connectivity index (χ1n) is 7.78. The fourth-order valence-electron chi connectivity index (χ4n) is 2.39. The van der Waals surface area contributed by atoms with Crippen LogP contribution in [-0.2, 0) is 0 Å². The van der Waals surface area contributed by atoms with E-state index in [4.69, 9.17) is 11.6 Å². The van der Waals surface area contributed by atoms with Gasteiger partial charge in [-0.3, -0.25) is 4.79 Å². The highest BCUT2D eigenvalue weighted by atomic mass is 35.5. The van der Waals surface area contributed by atoms with Crippen LogP contribution in [0.15, 0.2) is 60.8 Å². The minimum Gasteiger partial charge on any atom is -0.341 e. The van der Waals surface area contributed by atoms with Gasteiger partial charge in [-0.2, -0.15) is 5.10 Å². The molecule has 1 amide bonds. The predicted molar refractivity (Wildman–Crippen MR) is 99.0 cm³/mol. The number of nitrogens with one attached hydrogen (secondary N) is 1. The monoisotopic (exact) mass is 349 g/mol. The lowest BCUT2D eigenvalue weighted by molar-refractivity contribution is 0.0958. The molecule has 0 fully saturated rings. The lowest BCUT2D eigenvalue weighted by Crippen LogP contribution is -2.24. The smallest absolute Gasteiger partial charge is 0.255 e. The Morgan fingerprint density at radius 3 is 2.76 bits per heavy atom. The number of hydrogen-bond donors (Lipinski definition) is 1. The molecule has 3 rings (SSSR count). The SMILES string of the molecule is Cc1c(C(=O)NCC#Cc2ccccc2)cnn1-c1cccc(Cl)c1. The van der Waals surface area contributed by atoms with Crippen molar-refractivity contribution >= 4 is 17.5 Å². The van der Waals surface area contributed by atoms with Crippen molar-refractivity contribution in [1.29, 1.82) is 0 Å². The molecule has 25 heavy (non-hydrogen) atoms. The van der Waals surface area contributed by atoms with E-state index in [1.807, 2.05) is 49.4 Å². The van der Waals surface area contributed by atoms with Gasteiger partial charge >= 0.3 is 0 Å². The molecule has 0 radical (unpaired) electrons. The third-order valence-electron chi connectivity index (χ3n) is 3.65. The molecule has 0 aliphatic rings.